The first-order valence-corrected chi connectivity index (χ1v) is 6.39. The first-order valence-electron chi connectivity index (χ1n) is 6.01. The first-order chi connectivity index (χ1) is 9.15. The Morgan fingerprint density at radius 1 is 1.16 bits per heavy atom. The predicted molar refractivity (Wildman–Crippen MR) is 78.2 cm³/mol. The summed E-state index contributed by atoms with van der Waals surface area (Å²) >= 11 is 5.86. The molecule has 0 fully saturated rings. The van der Waals surface area contributed by atoms with Crippen LogP contribution in [-0.2, 0) is 11.2 Å². The molecule has 4 heteroatoms. The maximum absolute atomic E-state index is 11.9. The zero-order valence-corrected chi connectivity index (χ0v) is 11.1. The van der Waals surface area contributed by atoms with Crippen LogP contribution in [0.5, 0.6) is 0 Å². The Balaban J connectivity index is 1.96. The van der Waals surface area contributed by atoms with Gasteiger partial charge in [-0.2, -0.15) is 0 Å². The molecule has 2 aromatic carbocycles. The summed E-state index contributed by atoms with van der Waals surface area (Å²) in [6.07, 6.45) is 0.507. The van der Waals surface area contributed by atoms with Crippen LogP contribution in [-0.4, -0.2) is 11.9 Å². The van der Waals surface area contributed by atoms with Crippen molar-refractivity contribution in [2.24, 2.45) is 5.73 Å². The number of carbonyl (C=O) groups excluding carboxylic acids is 1. The maximum atomic E-state index is 11.9. The summed E-state index contributed by atoms with van der Waals surface area (Å²) < 4.78 is 0. The number of nitrogens with one attached hydrogen (secondary N) is 1. The molecule has 0 saturated heterocycles. The lowest BCUT2D eigenvalue weighted by molar-refractivity contribution is -0.117. The van der Waals surface area contributed by atoms with Gasteiger partial charge in [0.15, 0.2) is 0 Å². The molecule has 1 unspecified atom stereocenters. The quantitative estimate of drug-likeness (QED) is 0.901. The highest BCUT2D eigenvalue weighted by molar-refractivity contribution is 6.30. The van der Waals surface area contributed by atoms with Crippen LogP contribution in [0, 0.1) is 0 Å². The van der Waals surface area contributed by atoms with Crippen LogP contribution in [0.1, 0.15) is 5.56 Å². The van der Waals surface area contributed by atoms with E-state index in [1.165, 1.54) is 0 Å². The highest BCUT2D eigenvalue weighted by Crippen LogP contribution is 2.15. The van der Waals surface area contributed by atoms with Crippen LogP contribution in [0.4, 0.5) is 5.69 Å². The standard InChI is InChI=1S/C15H15ClN2O/c16-12-7-4-8-13(10-12)18-15(19)14(17)9-11-5-2-1-3-6-11/h1-8,10,14H,9,17H2,(H,18,19). The van der Waals surface area contributed by atoms with Crippen molar-refractivity contribution in [3.63, 3.8) is 0 Å². The van der Waals surface area contributed by atoms with E-state index in [1.807, 2.05) is 30.3 Å². The number of halogens is 1. The summed E-state index contributed by atoms with van der Waals surface area (Å²) in [7, 11) is 0. The molecule has 0 spiro atoms. The number of hydrogen-bond donors (Lipinski definition) is 2. The predicted octanol–water partition coefficient (Wildman–Crippen LogP) is 2.85. The van der Waals surface area contributed by atoms with Crippen molar-refractivity contribution in [1.29, 1.82) is 0 Å². The summed E-state index contributed by atoms with van der Waals surface area (Å²) in [5, 5.41) is 3.33. The van der Waals surface area contributed by atoms with E-state index in [1.54, 1.807) is 24.3 Å². The highest BCUT2D eigenvalue weighted by Gasteiger charge is 2.14. The number of anilines is 1. The average Bonchev–Trinajstić information content (AvgIpc) is 2.40. The second-order valence-corrected chi connectivity index (χ2v) is 4.73. The van der Waals surface area contributed by atoms with Gasteiger partial charge >= 0.3 is 0 Å². The van der Waals surface area contributed by atoms with E-state index >= 15 is 0 Å². The molecule has 0 aromatic heterocycles. The lowest BCUT2D eigenvalue weighted by Gasteiger charge is -2.12. The fourth-order valence-electron chi connectivity index (χ4n) is 1.76. The van der Waals surface area contributed by atoms with Gasteiger partial charge in [0.25, 0.3) is 0 Å². The van der Waals surface area contributed by atoms with E-state index in [-0.39, 0.29) is 5.91 Å². The van der Waals surface area contributed by atoms with Crippen LogP contribution in [0.25, 0.3) is 0 Å². The zero-order chi connectivity index (χ0) is 13.7. The molecule has 3 N–H and O–H groups in total. The van der Waals surface area contributed by atoms with Gasteiger partial charge in [-0.25, -0.2) is 0 Å². The van der Waals surface area contributed by atoms with Gasteiger partial charge in [-0.05, 0) is 30.2 Å². The molecule has 2 rings (SSSR count). The fraction of sp³-hybridized carbons (Fsp3) is 0.133. The zero-order valence-electron chi connectivity index (χ0n) is 10.3. The second kappa shape index (κ2) is 6.36. The highest BCUT2D eigenvalue weighted by atomic mass is 35.5. The number of benzene rings is 2. The molecule has 0 aliphatic rings. The van der Waals surface area contributed by atoms with Gasteiger partial charge in [0.05, 0.1) is 6.04 Å². The Bertz CT molecular complexity index is 557. The van der Waals surface area contributed by atoms with Crippen LogP contribution < -0.4 is 11.1 Å². The van der Waals surface area contributed by atoms with Crippen molar-refractivity contribution in [3.05, 3.63) is 65.2 Å². The van der Waals surface area contributed by atoms with E-state index in [2.05, 4.69) is 5.32 Å². The van der Waals surface area contributed by atoms with Gasteiger partial charge in [-0.3, -0.25) is 4.79 Å². The third-order valence-electron chi connectivity index (χ3n) is 2.73. The average molecular weight is 275 g/mol. The molecule has 0 aliphatic heterocycles. The summed E-state index contributed by atoms with van der Waals surface area (Å²) in [6, 6.07) is 16.1. The Labute approximate surface area is 117 Å². The van der Waals surface area contributed by atoms with Crippen molar-refractivity contribution in [2.45, 2.75) is 12.5 Å². The molecule has 3 nitrogen and oxygen atoms in total. The Kier molecular flexibility index (Phi) is 4.55. The Hall–Kier alpha value is -1.84. The molecule has 0 radical (unpaired) electrons. The molecule has 98 valence electrons. The van der Waals surface area contributed by atoms with Crippen molar-refractivity contribution in [3.8, 4) is 0 Å². The smallest absolute Gasteiger partial charge is 0.241 e. The van der Waals surface area contributed by atoms with Crippen molar-refractivity contribution in [2.75, 3.05) is 5.32 Å². The van der Waals surface area contributed by atoms with Crippen LogP contribution >= 0.6 is 11.6 Å². The number of amides is 1. The third kappa shape index (κ3) is 4.09. The SMILES string of the molecule is NC(Cc1ccccc1)C(=O)Nc1cccc(Cl)c1. The van der Waals surface area contributed by atoms with Crippen LogP contribution in [0.3, 0.4) is 0 Å². The topological polar surface area (TPSA) is 55.1 Å². The summed E-state index contributed by atoms with van der Waals surface area (Å²) in [4.78, 5) is 11.9. The minimum atomic E-state index is -0.582. The number of rotatable bonds is 4. The van der Waals surface area contributed by atoms with Crippen molar-refractivity contribution >= 4 is 23.2 Å². The molecule has 19 heavy (non-hydrogen) atoms. The van der Waals surface area contributed by atoms with E-state index < -0.39 is 6.04 Å². The minimum Gasteiger partial charge on any atom is -0.325 e. The van der Waals surface area contributed by atoms with Gasteiger partial charge in [-0.15, -0.1) is 0 Å². The van der Waals surface area contributed by atoms with E-state index in [9.17, 15) is 4.79 Å². The lowest BCUT2D eigenvalue weighted by atomic mass is 10.1. The molecular weight excluding hydrogens is 260 g/mol. The maximum Gasteiger partial charge on any atom is 0.241 e. The number of nitrogens with two attached hydrogens (primary N) is 1. The second-order valence-electron chi connectivity index (χ2n) is 4.30. The van der Waals surface area contributed by atoms with Gasteiger partial charge in [0, 0.05) is 10.7 Å². The molecule has 0 heterocycles. The van der Waals surface area contributed by atoms with E-state index in [4.69, 9.17) is 17.3 Å². The Morgan fingerprint density at radius 3 is 2.58 bits per heavy atom. The van der Waals surface area contributed by atoms with Crippen molar-refractivity contribution in [1.82, 2.24) is 0 Å². The summed E-state index contributed by atoms with van der Waals surface area (Å²) in [6.45, 7) is 0. The molecule has 2 aromatic rings. The molecule has 0 aliphatic carbocycles. The molecular formula is C15H15ClN2O. The number of carbonyl (C=O) groups is 1. The Morgan fingerprint density at radius 2 is 1.89 bits per heavy atom. The van der Waals surface area contributed by atoms with Gasteiger partial charge < -0.3 is 11.1 Å². The molecule has 0 bridgehead atoms. The van der Waals surface area contributed by atoms with Gasteiger partial charge in [0.1, 0.15) is 0 Å². The summed E-state index contributed by atoms with van der Waals surface area (Å²) in [5.41, 5.74) is 7.58. The third-order valence-corrected chi connectivity index (χ3v) is 2.96. The first kappa shape index (κ1) is 13.6. The van der Waals surface area contributed by atoms with Crippen LogP contribution in [0.15, 0.2) is 54.6 Å². The van der Waals surface area contributed by atoms with E-state index in [0.29, 0.717) is 17.1 Å². The normalized spacial score (nSPS) is 11.9. The number of hydrogen-bond acceptors (Lipinski definition) is 2. The van der Waals surface area contributed by atoms with Crippen molar-refractivity contribution < 1.29 is 4.79 Å². The van der Waals surface area contributed by atoms with E-state index in [0.717, 1.165) is 5.56 Å². The van der Waals surface area contributed by atoms with Gasteiger partial charge in [-0.1, -0.05) is 48.0 Å². The molecule has 0 saturated carbocycles. The lowest BCUT2D eigenvalue weighted by Crippen LogP contribution is -2.37. The monoisotopic (exact) mass is 274 g/mol. The van der Waals surface area contributed by atoms with Crippen LogP contribution in [0.2, 0.25) is 5.02 Å². The molecule has 1 atom stereocenters. The van der Waals surface area contributed by atoms with Gasteiger partial charge in [0.2, 0.25) is 5.91 Å². The summed E-state index contributed by atoms with van der Waals surface area (Å²) in [5.74, 6) is -0.217. The largest absolute Gasteiger partial charge is 0.325 e. The molecule has 1 amide bonds. The minimum absolute atomic E-state index is 0.217. The fourth-order valence-corrected chi connectivity index (χ4v) is 1.95.